The Balaban J connectivity index is 1.84. The second kappa shape index (κ2) is 13.8. The largest absolute Gasteiger partial charge is 0.469 e. The molecule has 3 fully saturated rings. The fraction of sp³-hybridized carbons (Fsp3) is 0.958. The minimum Gasteiger partial charge on any atom is -0.387 e. The normalized spacial score (nSPS) is 34.0. The zero-order valence-corrected chi connectivity index (χ0v) is 22.1. The number of carbonyl (C=O) groups is 1. The van der Waals surface area contributed by atoms with Gasteiger partial charge >= 0.3 is 13.9 Å². The van der Waals surface area contributed by atoms with Crippen molar-refractivity contribution >= 4 is 13.9 Å². The third-order valence-electron chi connectivity index (χ3n) is 7.94. The molecular weight excluding hydrogens is 491 g/mol. The monoisotopic (exact) mass is 536 g/mol. The Hall–Kier alpha value is -0.780. The molecule has 12 heteroatoms. The number of hydrogen-bond donors (Lipinski definition) is 6. The van der Waals surface area contributed by atoms with Crippen LogP contribution in [0.15, 0.2) is 0 Å². The number of carbonyl (C=O) groups excluding carboxylic acids is 1. The van der Waals surface area contributed by atoms with Crippen molar-refractivity contribution < 1.29 is 43.7 Å². The summed E-state index contributed by atoms with van der Waals surface area (Å²) in [4.78, 5) is 33.0. The number of phosphoric acid groups is 1. The van der Waals surface area contributed by atoms with E-state index in [0.717, 1.165) is 38.5 Å². The Kier molecular flexibility index (Phi) is 11.5. The van der Waals surface area contributed by atoms with Crippen molar-refractivity contribution in [2.75, 3.05) is 6.61 Å². The van der Waals surface area contributed by atoms with Crippen LogP contribution in [-0.2, 0) is 13.8 Å². The molecule has 0 bridgehead atoms. The molecule has 2 saturated heterocycles. The number of aliphatic hydroxyl groups excluding tert-OH is 3. The van der Waals surface area contributed by atoms with Gasteiger partial charge < -0.3 is 35.2 Å². The van der Waals surface area contributed by atoms with Gasteiger partial charge in [-0.25, -0.2) is 9.36 Å². The van der Waals surface area contributed by atoms with Crippen LogP contribution in [0, 0.1) is 0 Å². The molecule has 3 aliphatic rings. The molecule has 1 aliphatic carbocycles. The lowest BCUT2D eigenvalue weighted by Crippen LogP contribution is -2.61. The van der Waals surface area contributed by atoms with Gasteiger partial charge in [-0.3, -0.25) is 9.42 Å². The lowest BCUT2D eigenvalue weighted by molar-refractivity contribution is -0.117. The second-order valence-corrected chi connectivity index (χ2v) is 11.9. The molecule has 36 heavy (non-hydrogen) atoms. The highest BCUT2D eigenvalue weighted by Crippen LogP contribution is 2.42. The van der Waals surface area contributed by atoms with Crippen molar-refractivity contribution in [1.82, 2.24) is 10.2 Å². The van der Waals surface area contributed by atoms with E-state index >= 15 is 0 Å². The van der Waals surface area contributed by atoms with E-state index in [1.54, 1.807) is 0 Å². The standard InChI is InChI=1S/C24H45N2O9P/c27-19-13-16-24(14-11-9-7-5-3-1-2-4-6-8-10-12-15-24)26(23(30)25-19)22-21(29)20(28)18(35-22)17-34-36(31,32)33/h18-22,27-29H,1-17H2,(H,25,30)(H2,31,32,33). The highest BCUT2D eigenvalue weighted by molar-refractivity contribution is 7.46. The van der Waals surface area contributed by atoms with E-state index in [-0.39, 0.29) is 0 Å². The van der Waals surface area contributed by atoms with Gasteiger partial charge in [-0.2, -0.15) is 0 Å². The number of nitrogens with one attached hydrogen (secondary N) is 1. The molecule has 2 aliphatic heterocycles. The first kappa shape index (κ1) is 29.8. The summed E-state index contributed by atoms with van der Waals surface area (Å²) in [6, 6.07) is -0.578. The molecular formula is C24H45N2O9P. The van der Waals surface area contributed by atoms with Gasteiger partial charge in [0.25, 0.3) is 0 Å². The molecule has 2 heterocycles. The Morgan fingerprint density at radius 2 is 1.36 bits per heavy atom. The second-order valence-electron chi connectivity index (χ2n) is 10.7. The zero-order chi connectivity index (χ0) is 26.2. The fourth-order valence-corrected chi connectivity index (χ4v) is 6.29. The molecule has 1 spiro atoms. The molecule has 0 aromatic carbocycles. The molecule has 3 rings (SSSR count). The molecule has 210 valence electrons. The maximum absolute atomic E-state index is 13.4. The Morgan fingerprint density at radius 3 is 1.86 bits per heavy atom. The number of phosphoric ester groups is 1. The number of nitrogens with zero attached hydrogens (tertiary/aromatic N) is 1. The Morgan fingerprint density at radius 1 is 0.861 bits per heavy atom. The van der Waals surface area contributed by atoms with Crippen LogP contribution in [0.2, 0.25) is 0 Å². The molecule has 0 aromatic rings. The maximum atomic E-state index is 13.4. The lowest BCUT2D eigenvalue weighted by Gasteiger charge is -2.46. The zero-order valence-electron chi connectivity index (χ0n) is 21.2. The Labute approximate surface area is 213 Å². The first-order valence-electron chi connectivity index (χ1n) is 13.6. The van der Waals surface area contributed by atoms with Crippen molar-refractivity contribution in [3.05, 3.63) is 0 Å². The first-order valence-corrected chi connectivity index (χ1v) is 15.2. The van der Waals surface area contributed by atoms with E-state index in [2.05, 4.69) is 9.84 Å². The van der Waals surface area contributed by atoms with Crippen LogP contribution >= 0.6 is 7.82 Å². The summed E-state index contributed by atoms with van der Waals surface area (Å²) in [7, 11) is -4.81. The SMILES string of the molecule is O=C1NC(O)CCC2(CCCCCCCCCCCCCC2)N1C1OC(COP(=O)(O)O)C(O)C1O. The van der Waals surface area contributed by atoms with Gasteiger partial charge in [0, 0.05) is 5.54 Å². The predicted octanol–water partition coefficient (Wildman–Crippen LogP) is 2.88. The molecule has 0 aromatic heterocycles. The van der Waals surface area contributed by atoms with Gasteiger partial charge in [0.15, 0.2) is 6.23 Å². The first-order chi connectivity index (χ1) is 17.1. The van der Waals surface area contributed by atoms with Gasteiger partial charge in [-0.1, -0.05) is 77.0 Å². The summed E-state index contributed by atoms with van der Waals surface area (Å²) in [5, 5.41) is 34.4. The van der Waals surface area contributed by atoms with Gasteiger partial charge in [0.1, 0.15) is 24.5 Å². The Bertz CT molecular complexity index is 720. The van der Waals surface area contributed by atoms with Gasteiger partial charge in [-0.15, -0.1) is 0 Å². The van der Waals surface area contributed by atoms with E-state index < -0.39 is 56.8 Å². The summed E-state index contributed by atoms with van der Waals surface area (Å²) in [6.45, 7) is -0.635. The van der Waals surface area contributed by atoms with Crippen molar-refractivity contribution in [3.63, 3.8) is 0 Å². The van der Waals surface area contributed by atoms with Crippen LogP contribution in [0.25, 0.3) is 0 Å². The number of hydrogen-bond acceptors (Lipinski definition) is 7. The molecule has 0 radical (unpaired) electrons. The smallest absolute Gasteiger partial charge is 0.387 e. The molecule has 5 unspecified atom stereocenters. The molecule has 6 N–H and O–H groups in total. The quantitative estimate of drug-likeness (QED) is 0.296. The fourth-order valence-electron chi connectivity index (χ4n) is 5.95. The number of rotatable bonds is 4. The number of aliphatic hydroxyl groups is 3. The van der Waals surface area contributed by atoms with Crippen LogP contribution in [0.5, 0.6) is 0 Å². The van der Waals surface area contributed by atoms with Crippen molar-refractivity contribution in [3.8, 4) is 0 Å². The highest BCUT2D eigenvalue weighted by atomic mass is 31.2. The highest BCUT2D eigenvalue weighted by Gasteiger charge is 2.54. The lowest BCUT2D eigenvalue weighted by atomic mass is 9.80. The topological polar surface area (TPSA) is 169 Å². The maximum Gasteiger partial charge on any atom is 0.469 e. The van der Waals surface area contributed by atoms with Crippen molar-refractivity contribution in [2.45, 2.75) is 139 Å². The van der Waals surface area contributed by atoms with Gasteiger partial charge in [0.2, 0.25) is 0 Å². The minimum atomic E-state index is -4.81. The van der Waals surface area contributed by atoms with Crippen LogP contribution in [-0.4, -0.2) is 79.0 Å². The number of amides is 2. The van der Waals surface area contributed by atoms with E-state index in [1.165, 1.54) is 43.4 Å². The average molecular weight is 537 g/mol. The molecule has 11 nitrogen and oxygen atoms in total. The van der Waals surface area contributed by atoms with Crippen LogP contribution in [0.4, 0.5) is 4.79 Å². The van der Waals surface area contributed by atoms with E-state index in [9.17, 15) is 24.7 Å². The number of urea groups is 1. The summed E-state index contributed by atoms with van der Waals surface area (Å²) in [6.07, 6.45) is 9.21. The minimum absolute atomic E-state index is 0.359. The van der Waals surface area contributed by atoms with Crippen LogP contribution in [0.1, 0.15) is 103 Å². The summed E-state index contributed by atoms with van der Waals surface area (Å²) in [5.41, 5.74) is -0.688. The van der Waals surface area contributed by atoms with Crippen molar-refractivity contribution in [2.24, 2.45) is 0 Å². The average Bonchev–Trinajstić information content (AvgIpc) is 3.01. The van der Waals surface area contributed by atoms with Gasteiger partial charge in [0.05, 0.1) is 6.61 Å². The molecule has 2 amide bonds. The number of ether oxygens (including phenoxy) is 1. The van der Waals surface area contributed by atoms with Crippen LogP contribution in [0.3, 0.4) is 0 Å². The van der Waals surface area contributed by atoms with Crippen molar-refractivity contribution in [1.29, 1.82) is 0 Å². The van der Waals surface area contributed by atoms with Crippen LogP contribution < -0.4 is 5.32 Å². The summed E-state index contributed by atoms with van der Waals surface area (Å²) >= 11 is 0. The molecule has 1 saturated carbocycles. The third-order valence-corrected chi connectivity index (χ3v) is 8.42. The van der Waals surface area contributed by atoms with E-state index in [1.807, 2.05) is 0 Å². The third kappa shape index (κ3) is 8.36. The van der Waals surface area contributed by atoms with E-state index in [4.69, 9.17) is 14.5 Å². The molecule has 5 atom stereocenters. The van der Waals surface area contributed by atoms with E-state index in [0.29, 0.717) is 25.7 Å². The summed E-state index contributed by atoms with van der Waals surface area (Å²) in [5.74, 6) is 0. The van der Waals surface area contributed by atoms with Gasteiger partial charge in [-0.05, 0) is 25.7 Å². The summed E-state index contributed by atoms with van der Waals surface area (Å²) < 4.78 is 21.5. The predicted molar refractivity (Wildman–Crippen MR) is 132 cm³/mol.